The van der Waals surface area contributed by atoms with Crippen molar-refractivity contribution in [2.45, 2.75) is 24.3 Å². The van der Waals surface area contributed by atoms with E-state index < -0.39 is 38.6 Å². The predicted octanol–water partition coefficient (Wildman–Crippen LogP) is 2.95. The van der Waals surface area contributed by atoms with Gasteiger partial charge >= 0.3 is 5.97 Å². The summed E-state index contributed by atoms with van der Waals surface area (Å²) in [6.07, 6.45) is -0.288. The molecule has 0 amide bonds. The fourth-order valence-corrected chi connectivity index (χ4v) is 3.61. The van der Waals surface area contributed by atoms with Gasteiger partial charge in [0.15, 0.2) is 11.6 Å². The van der Waals surface area contributed by atoms with Crippen LogP contribution in [0.3, 0.4) is 0 Å². The lowest BCUT2D eigenvalue weighted by atomic mass is 10.0. The summed E-state index contributed by atoms with van der Waals surface area (Å²) >= 11 is 0. The van der Waals surface area contributed by atoms with Crippen molar-refractivity contribution in [2.24, 2.45) is 0 Å². The van der Waals surface area contributed by atoms with Crippen LogP contribution < -0.4 is 9.46 Å². The van der Waals surface area contributed by atoms with E-state index in [9.17, 15) is 22.0 Å². The third-order valence-electron chi connectivity index (χ3n) is 3.67. The molecule has 0 aromatic heterocycles. The molecule has 0 saturated carbocycles. The fourth-order valence-electron chi connectivity index (χ4n) is 2.37. The number of ether oxygens (including phenoxy) is 2. The van der Waals surface area contributed by atoms with Gasteiger partial charge in [0.1, 0.15) is 5.75 Å². The van der Waals surface area contributed by atoms with E-state index in [1.807, 2.05) is 0 Å². The van der Waals surface area contributed by atoms with Crippen LogP contribution in [0.1, 0.15) is 24.9 Å². The van der Waals surface area contributed by atoms with E-state index in [2.05, 4.69) is 4.72 Å². The Morgan fingerprint density at radius 2 is 1.89 bits per heavy atom. The number of hydrogen-bond donors (Lipinski definition) is 1. The van der Waals surface area contributed by atoms with E-state index in [4.69, 9.17) is 9.47 Å². The molecule has 0 spiro atoms. The second kappa shape index (κ2) is 8.92. The first-order chi connectivity index (χ1) is 12.8. The predicted molar refractivity (Wildman–Crippen MR) is 93.7 cm³/mol. The molecule has 1 unspecified atom stereocenters. The first-order valence-corrected chi connectivity index (χ1v) is 9.52. The van der Waals surface area contributed by atoms with E-state index in [1.54, 1.807) is 31.2 Å². The number of hydrogen-bond acceptors (Lipinski definition) is 5. The average molecular weight is 399 g/mol. The standard InChI is InChI=1S/C18H19F2NO5S/c1-3-26-18(22)11-17(12-5-4-6-13(9-12)25-2)21-27(23,24)14-7-8-15(19)16(20)10-14/h4-10,17,21H,3,11H2,1-2H3. The van der Waals surface area contributed by atoms with Crippen molar-refractivity contribution in [1.29, 1.82) is 0 Å². The third-order valence-corrected chi connectivity index (χ3v) is 5.14. The number of carbonyl (C=O) groups is 1. The summed E-state index contributed by atoms with van der Waals surface area (Å²) in [5.74, 6) is -2.60. The molecule has 2 aromatic rings. The molecule has 0 aliphatic rings. The van der Waals surface area contributed by atoms with Crippen LogP contribution in [-0.4, -0.2) is 28.1 Å². The van der Waals surface area contributed by atoms with E-state index in [0.29, 0.717) is 17.4 Å². The van der Waals surface area contributed by atoms with Crippen LogP contribution in [0.4, 0.5) is 8.78 Å². The lowest BCUT2D eigenvalue weighted by Gasteiger charge is -2.19. The number of benzene rings is 2. The van der Waals surface area contributed by atoms with Gasteiger partial charge in [-0.15, -0.1) is 0 Å². The Kier molecular flexibility index (Phi) is 6.86. The minimum atomic E-state index is -4.23. The third kappa shape index (κ3) is 5.48. The van der Waals surface area contributed by atoms with Crippen LogP contribution in [0.15, 0.2) is 47.4 Å². The van der Waals surface area contributed by atoms with E-state index >= 15 is 0 Å². The molecule has 9 heteroatoms. The van der Waals surface area contributed by atoms with Gasteiger partial charge in [0.25, 0.3) is 0 Å². The lowest BCUT2D eigenvalue weighted by molar-refractivity contribution is -0.143. The Balaban J connectivity index is 2.37. The topological polar surface area (TPSA) is 81.7 Å². The summed E-state index contributed by atoms with van der Waals surface area (Å²) in [7, 11) is -2.78. The molecule has 0 bridgehead atoms. The van der Waals surface area contributed by atoms with Crippen molar-refractivity contribution in [3.05, 3.63) is 59.7 Å². The first kappa shape index (κ1) is 20.8. The molecular formula is C18H19F2NO5S. The average Bonchev–Trinajstić information content (AvgIpc) is 2.63. The Bertz CT molecular complexity index is 918. The SMILES string of the molecule is CCOC(=O)CC(NS(=O)(=O)c1ccc(F)c(F)c1)c1cccc(OC)c1. The van der Waals surface area contributed by atoms with Crippen molar-refractivity contribution < 1.29 is 31.5 Å². The van der Waals surface area contributed by atoms with E-state index in [-0.39, 0.29) is 13.0 Å². The van der Waals surface area contributed by atoms with Crippen molar-refractivity contribution in [3.63, 3.8) is 0 Å². The van der Waals surface area contributed by atoms with Crippen molar-refractivity contribution in [1.82, 2.24) is 4.72 Å². The number of rotatable bonds is 8. The summed E-state index contributed by atoms with van der Waals surface area (Å²) < 4.78 is 64.0. The number of nitrogens with one attached hydrogen (secondary N) is 1. The van der Waals surface area contributed by atoms with Crippen molar-refractivity contribution >= 4 is 16.0 Å². The Morgan fingerprint density at radius 1 is 1.15 bits per heavy atom. The maximum absolute atomic E-state index is 13.4. The zero-order valence-electron chi connectivity index (χ0n) is 14.7. The van der Waals surface area contributed by atoms with Gasteiger partial charge in [0, 0.05) is 0 Å². The second-order valence-corrected chi connectivity index (χ2v) is 7.25. The number of sulfonamides is 1. The van der Waals surface area contributed by atoms with Gasteiger partial charge in [0.2, 0.25) is 10.0 Å². The summed E-state index contributed by atoms with van der Waals surface area (Å²) in [5, 5.41) is 0. The minimum Gasteiger partial charge on any atom is -0.497 e. The van der Waals surface area contributed by atoms with Crippen LogP contribution in [0.25, 0.3) is 0 Å². The molecule has 6 nitrogen and oxygen atoms in total. The van der Waals surface area contributed by atoms with Gasteiger partial charge < -0.3 is 9.47 Å². The van der Waals surface area contributed by atoms with Gasteiger partial charge in [-0.25, -0.2) is 21.9 Å². The zero-order valence-corrected chi connectivity index (χ0v) is 15.6. The summed E-state index contributed by atoms with van der Waals surface area (Å²) in [6.45, 7) is 1.77. The number of esters is 1. The van der Waals surface area contributed by atoms with Crippen LogP contribution in [0, 0.1) is 11.6 Å². The summed E-state index contributed by atoms with van der Waals surface area (Å²) in [6, 6.07) is 7.72. The quantitative estimate of drug-likeness (QED) is 0.691. The van der Waals surface area contributed by atoms with Gasteiger partial charge in [-0.05, 0) is 42.8 Å². The number of methoxy groups -OCH3 is 1. The smallest absolute Gasteiger partial charge is 0.307 e. The number of halogens is 2. The molecule has 1 atom stereocenters. The monoisotopic (exact) mass is 399 g/mol. The molecule has 0 radical (unpaired) electrons. The molecule has 0 saturated heterocycles. The van der Waals surface area contributed by atoms with Gasteiger partial charge in [-0.1, -0.05) is 12.1 Å². The first-order valence-electron chi connectivity index (χ1n) is 8.03. The molecule has 0 heterocycles. The van der Waals surface area contributed by atoms with Gasteiger partial charge in [0.05, 0.1) is 31.1 Å². The minimum absolute atomic E-state index is 0.138. The van der Waals surface area contributed by atoms with Crippen LogP contribution in [-0.2, 0) is 19.6 Å². The molecular weight excluding hydrogens is 380 g/mol. The maximum atomic E-state index is 13.4. The molecule has 0 aliphatic carbocycles. The Morgan fingerprint density at radius 3 is 2.52 bits per heavy atom. The Labute approximate surface area is 156 Å². The van der Waals surface area contributed by atoms with E-state index in [1.165, 1.54) is 7.11 Å². The largest absolute Gasteiger partial charge is 0.497 e. The summed E-state index contributed by atoms with van der Waals surface area (Å²) in [4.78, 5) is 11.4. The fraction of sp³-hybridized carbons (Fsp3) is 0.278. The molecule has 2 aromatic carbocycles. The van der Waals surface area contributed by atoms with Crippen molar-refractivity contribution in [3.8, 4) is 5.75 Å². The van der Waals surface area contributed by atoms with Gasteiger partial charge in [-0.3, -0.25) is 4.79 Å². The van der Waals surface area contributed by atoms with E-state index in [0.717, 1.165) is 12.1 Å². The molecule has 0 fully saturated rings. The number of carbonyl (C=O) groups excluding carboxylic acids is 1. The van der Waals surface area contributed by atoms with Crippen LogP contribution in [0.5, 0.6) is 5.75 Å². The normalized spacial score (nSPS) is 12.4. The summed E-state index contributed by atoms with van der Waals surface area (Å²) in [5.41, 5.74) is 0.452. The molecule has 27 heavy (non-hydrogen) atoms. The molecule has 2 rings (SSSR count). The van der Waals surface area contributed by atoms with Crippen LogP contribution in [0.2, 0.25) is 0 Å². The second-order valence-electron chi connectivity index (χ2n) is 5.54. The van der Waals surface area contributed by atoms with Crippen LogP contribution >= 0.6 is 0 Å². The zero-order chi connectivity index (χ0) is 20.0. The highest BCUT2D eigenvalue weighted by atomic mass is 32.2. The highest BCUT2D eigenvalue weighted by Crippen LogP contribution is 2.25. The molecule has 1 N–H and O–H groups in total. The molecule has 146 valence electrons. The van der Waals surface area contributed by atoms with Gasteiger partial charge in [-0.2, -0.15) is 0 Å². The lowest BCUT2D eigenvalue weighted by Crippen LogP contribution is -2.31. The maximum Gasteiger partial charge on any atom is 0.307 e. The van der Waals surface area contributed by atoms with Crippen molar-refractivity contribution in [2.75, 3.05) is 13.7 Å². The highest BCUT2D eigenvalue weighted by Gasteiger charge is 2.25. The molecule has 0 aliphatic heterocycles. The Hall–Kier alpha value is -2.52. The highest BCUT2D eigenvalue weighted by molar-refractivity contribution is 7.89.